The van der Waals surface area contributed by atoms with Crippen molar-refractivity contribution >= 4 is 0 Å². The zero-order valence-corrected chi connectivity index (χ0v) is 12.1. The largest absolute Gasteiger partial charge is 0.330 e. The zero-order valence-electron chi connectivity index (χ0n) is 12.1. The number of fused-ring (bicyclic) bond motifs is 1. The fourth-order valence-electron chi connectivity index (χ4n) is 3.20. The summed E-state index contributed by atoms with van der Waals surface area (Å²) in [6, 6.07) is 8.93. The van der Waals surface area contributed by atoms with Crippen LogP contribution in [-0.2, 0) is 11.8 Å². The van der Waals surface area contributed by atoms with E-state index in [0.717, 1.165) is 6.54 Å². The molecule has 0 heterocycles. The van der Waals surface area contributed by atoms with E-state index in [1.165, 1.54) is 43.2 Å². The normalized spacial score (nSPS) is 23.8. The molecule has 0 aliphatic heterocycles. The second kappa shape index (κ2) is 5.05. The van der Waals surface area contributed by atoms with E-state index in [0.29, 0.717) is 5.41 Å². The smallest absolute Gasteiger partial charge is 0.00786 e. The lowest BCUT2D eigenvalue weighted by Gasteiger charge is -2.40. The van der Waals surface area contributed by atoms with Crippen LogP contribution in [0.15, 0.2) is 24.3 Å². The highest BCUT2D eigenvalue weighted by Gasteiger charge is 2.35. The van der Waals surface area contributed by atoms with Gasteiger partial charge in [-0.3, -0.25) is 0 Å². The molecule has 0 saturated heterocycles. The Labute approximate surface area is 112 Å². The number of rotatable bonds is 3. The van der Waals surface area contributed by atoms with Gasteiger partial charge in [-0.1, -0.05) is 45.0 Å². The second-order valence-corrected chi connectivity index (χ2v) is 7.06. The predicted molar refractivity (Wildman–Crippen MR) is 78.8 cm³/mol. The van der Waals surface area contributed by atoms with Gasteiger partial charge >= 0.3 is 0 Å². The minimum atomic E-state index is 0.238. The van der Waals surface area contributed by atoms with Crippen LogP contribution in [0.4, 0.5) is 0 Å². The fraction of sp³-hybridized carbons (Fsp3) is 0.647. The third kappa shape index (κ3) is 2.77. The topological polar surface area (TPSA) is 26.0 Å². The van der Waals surface area contributed by atoms with Crippen molar-refractivity contribution in [3.63, 3.8) is 0 Å². The quantitative estimate of drug-likeness (QED) is 0.854. The molecule has 1 atom stereocenters. The molecule has 1 unspecified atom stereocenters. The summed E-state index contributed by atoms with van der Waals surface area (Å²) in [5.74, 6) is 0. The highest BCUT2D eigenvalue weighted by molar-refractivity contribution is 5.37. The van der Waals surface area contributed by atoms with Gasteiger partial charge < -0.3 is 5.73 Å². The van der Waals surface area contributed by atoms with E-state index in [1.54, 1.807) is 0 Å². The first kappa shape index (κ1) is 13.6. The van der Waals surface area contributed by atoms with Crippen molar-refractivity contribution in [2.24, 2.45) is 11.1 Å². The molecule has 0 amide bonds. The number of hydrogen-bond donors (Lipinski definition) is 1. The molecule has 0 radical (unpaired) electrons. The van der Waals surface area contributed by atoms with Crippen molar-refractivity contribution in [3.8, 4) is 0 Å². The maximum absolute atomic E-state index is 6.18. The first-order valence-electron chi connectivity index (χ1n) is 7.25. The molecule has 18 heavy (non-hydrogen) atoms. The summed E-state index contributed by atoms with van der Waals surface area (Å²) < 4.78 is 0. The maximum Gasteiger partial charge on any atom is 0.00786 e. The average molecular weight is 245 g/mol. The van der Waals surface area contributed by atoms with E-state index in [2.05, 4.69) is 45.0 Å². The Morgan fingerprint density at radius 3 is 2.61 bits per heavy atom. The van der Waals surface area contributed by atoms with E-state index >= 15 is 0 Å². The average Bonchev–Trinajstić information content (AvgIpc) is 2.35. The van der Waals surface area contributed by atoms with Gasteiger partial charge in [0.1, 0.15) is 0 Å². The third-order valence-electron chi connectivity index (χ3n) is 4.43. The van der Waals surface area contributed by atoms with Crippen molar-refractivity contribution < 1.29 is 0 Å². The second-order valence-electron chi connectivity index (χ2n) is 7.06. The first-order chi connectivity index (χ1) is 8.47. The predicted octanol–water partition coefficient (Wildman–Crippen LogP) is 4.05. The Kier molecular flexibility index (Phi) is 3.82. The van der Waals surface area contributed by atoms with Crippen LogP contribution in [0.25, 0.3) is 0 Å². The summed E-state index contributed by atoms with van der Waals surface area (Å²) in [6.45, 7) is 7.77. The number of nitrogens with two attached hydrogens (primary N) is 1. The van der Waals surface area contributed by atoms with Crippen LogP contribution in [0.2, 0.25) is 0 Å². The van der Waals surface area contributed by atoms with Crippen molar-refractivity contribution in [3.05, 3.63) is 35.4 Å². The molecule has 100 valence electrons. The lowest BCUT2D eigenvalue weighted by molar-refractivity contribution is 0.268. The Morgan fingerprint density at radius 1 is 1.22 bits per heavy atom. The van der Waals surface area contributed by atoms with Gasteiger partial charge in [0.25, 0.3) is 0 Å². The first-order valence-corrected chi connectivity index (χ1v) is 7.25. The summed E-state index contributed by atoms with van der Waals surface area (Å²) in [5, 5.41) is 0. The maximum atomic E-state index is 6.18. The molecule has 1 aliphatic carbocycles. The molecule has 1 nitrogen and oxygen atoms in total. The van der Waals surface area contributed by atoms with Gasteiger partial charge in [0.05, 0.1) is 0 Å². The van der Waals surface area contributed by atoms with Crippen LogP contribution in [-0.4, -0.2) is 6.54 Å². The fourth-order valence-corrected chi connectivity index (χ4v) is 3.20. The van der Waals surface area contributed by atoms with E-state index in [-0.39, 0.29) is 5.41 Å². The molecule has 1 aromatic carbocycles. The van der Waals surface area contributed by atoms with Crippen molar-refractivity contribution in [1.29, 1.82) is 0 Å². The van der Waals surface area contributed by atoms with Gasteiger partial charge in [0, 0.05) is 12.0 Å². The number of benzene rings is 1. The summed E-state index contributed by atoms with van der Waals surface area (Å²) in [6.07, 6.45) is 6.25. The summed E-state index contributed by atoms with van der Waals surface area (Å²) in [4.78, 5) is 0. The molecule has 2 N–H and O–H groups in total. The highest BCUT2D eigenvalue weighted by Crippen LogP contribution is 2.42. The lowest BCUT2D eigenvalue weighted by Crippen LogP contribution is -2.39. The Bertz CT molecular complexity index is 402. The minimum Gasteiger partial charge on any atom is -0.330 e. The summed E-state index contributed by atoms with van der Waals surface area (Å²) in [5.41, 5.74) is 9.88. The van der Waals surface area contributed by atoms with Gasteiger partial charge in [0.15, 0.2) is 0 Å². The molecular weight excluding hydrogens is 218 g/mol. The Hall–Kier alpha value is -0.820. The number of hydrogen-bond acceptors (Lipinski definition) is 1. The SMILES string of the molecule is CC(C)(C)CCC1(CN)CCCc2ccccc21. The van der Waals surface area contributed by atoms with E-state index in [1.807, 2.05) is 0 Å². The van der Waals surface area contributed by atoms with Crippen LogP contribution in [0.5, 0.6) is 0 Å². The van der Waals surface area contributed by atoms with E-state index in [4.69, 9.17) is 5.73 Å². The van der Waals surface area contributed by atoms with Gasteiger partial charge in [0.2, 0.25) is 0 Å². The van der Waals surface area contributed by atoms with Gasteiger partial charge in [-0.15, -0.1) is 0 Å². The summed E-state index contributed by atoms with van der Waals surface area (Å²) >= 11 is 0. The van der Waals surface area contributed by atoms with Gasteiger partial charge in [-0.05, 0) is 48.6 Å². The standard InChI is InChI=1S/C17H27N/c1-16(2,3)11-12-17(13-18)10-6-8-14-7-4-5-9-15(14)17/h4-5,7,9H,6,8,10-13,18H2,1-3H3. The van der Waals surface area contributed by atoms with Crippen molar-refractivity contribution in [1.82, 2.24) is 0 Å². The van der Waals surface area contributed by atoms with E-state index in [9.17, 15) is 0 Å². The molecule has 1 aromatic rings. The van der Waals surface area contributed by atoms with Gasteiger partial charge in [-0.25, -0.2) is 0 Å². The highest BCUT2D eigenvalue weighted by atomic mass is 14.6. The van der Waals surface area contributed by atoms with Crippen molar-refractivity contribution in [2.45, 2.75) is 58.3 Å². The van der Waals surface area contributed by atoms with Crippen LogP contribution in [0.3, 0.4) is 0 Å². The van der Waals surface area contributed by atoms with Crippen LogP contribution in [0.1, 0.15) is 57.6 Å². The van der Waals surface area contributed by atoms with Crippen LogP contribution < -0.4 is 5.73 Å². The molecule has 0 fully saturated rings. The summed E-state index contributed by atoms with van der Waals surface area (Å²) in [7, 11) is 0. The molecule has 2 rings (SSSR count). The molecular formula is C17H27N. The zero-order chi connectivity index (χ0) is 13.2. The molecule has 0 bridgehead atoms. The van der Waals surface area contributed by atoms with Crippen LogP contribution >= 0.6 is 0 Å². The molecule has 0 saturated carbocycles. The minimum absolute atomic E-state index is 0.238. The van der Waals surface area contributed by atoms with Crippen molar-refractivity contribution in [2.75, 3.05) is 6.54 Å². The lowest BCUT2D eigenvalue weighted by atomic mass is 9.66. The van der Waals surface area contributed by atoms with Crippen LogP contribution in [0, 0.1) is 5.41 Å². The Morgan fingerprint density at radius 2 is 1.94 bits per heavy atom. The monoisotopic (exact) mass is 245 g/mol. The van der Waals surface area contributed by atoms with E-state index < -0.39 is 0 Å². The molecule has 0 spiro atoms. The number of aryl methyl sites for hydroxylation is 1. The molecule has 0 aromatic heterocycles. The third-order valence-corrected chi connectivity index (χ3v) is 4.43. The Balaban J connectivity index is 2.28. The molecule has 1 aliphatic rings. The van der Waals surface area contributed by atoms with Gasteiger partial charge in [-0.2, -0.15) is 0 Å². The molecule has 1 heteroatoms.